The first kappa shape index (κ1) is 10.8. The van der Waals surface area contributed by atoms with Gasteiger partial charge in [0.25, 0.3) is 0 Å². The van der Waals surface area contributed by atoms with Crippen molar-refractivity contribution in [3.05, 3.63) is 19.0 Å². The summed E-state index contributed by atoms with van der Waals surface area (Å²) in [6.45, 7) is 1.78. The number of rotatable bonds is 1. The van der Waals surface area contributed by atoms with Gasteiger partial charge in [0, 0.05) is 9.50 Å². The van der Waals surface area contributed by atoms with Crippen molar-refractivity contribution in [2.45, 2.75) is 19.4 Å². The fraction of sp³-hybridized carbons (Fsp3) is 0.500. The molecule has 12 heavy (non-hydrogen) atoms. The van der Waals surface area contributed by atoms with Gasteiger partial charge in [-0.1, -0.05) is 6.08 Å². The first-order chi connectivity index (χ1) is 5.52. The summed E-state index contributed by atoms with van der Waals surface area (Å²) in [6, 6.07) is 0. The van der Waals surface area contributed by atoms with Gasteiger partial charge in [0.1, 0.15) is 5.76 Å². The standard InChI is InChI=1S/C8H10I2O2/c1-4(11)5-2-6(9)8(12)7(10)3-5/h2,4-5,11-12H,3H2,1H3. The molecule has 1 aliphatic carbocycles. The van der Waals surface area contributed by atoms with E-state index in [-0.39, 0.29) is 12.0 Å². The highest BCUT2D eigenvalue weighted by molar-refractivity contribution is 14.1. The van der Waals surface area contributed by atoms with E-state index in [9.17, 15) is 10.2 Å². The molecule has 0 fully saturated rings. The largest absolute Gasteiger partial charge is 0.506 e. The lowest BCUT2D eigenvalue weighted by Gasteiger charge is -2.21. The van der Waals surface area contributed by atoms with Gasteiger partial charge in [-0.05, 0) is 58.5 Å². The molecule has 2 N–H and O–H groups in total. The third-order valence-corrected chi connectivity index (χ3v) is 3.70. The molecule has 4 heteroatoms. The molecule has 1 rings (SSSR count). The molecular formula is C8H10I2O2. The van der Waals surface area contributed by atoms with Gasteiger partial charge < -0.3 is 10.2 Å². The van der Waals surface area contributed by atoms with Crippen molar-refractivity contribution in [3.8, 4) is 0 Å². The average Bonchev–Trinajstić information content (AvgIpc) is 1.99. The summed E-state index contributed by atoms with van der Waals surface area (Å²) in [5, 5.41) is 18.8. The molecule has 68 valence electrons. The van der Waals surface area contributed by atoms with Crippen LogP contribution in [0.25, 0.3) is 0 Å². The summed E-state index contributed by atoms with van der Waals surface area (Å²) in [5.41, 5.74) is 0. The maximum Gasteiger partial charge on any atom is 0.137 e. The van der Waals surface area contributed by atoms with Crippen LogP contribution in [0.15, 0.2) is 19.0 Å². The second-order valence-electron chi connectivity index (χ2n) is 2.88. The van der Waals surface area contributed by atoms with Crippen molar-refractivity contribution in [2.24, 2.45) is 5.92 Å². The fourth-order valence-corrected chi connectivity index (χ4v) is 3.17. The number of hydrogen-bond donors (Lipinski definition) is 2. The van der Waals surface area contributed by atoms with Crippen LogP contribution in [0.2, 0.25) is 0 Å². The van der Waals surface area contributed by atoms with E-state index in [0.29, 0.717) is 5.76 Å². The maximum atomic E-state index is 9.46. The molecule has 0 spiro atoms. The van der Waals surface area contributed by atoms with Gasteiger partial charge >= 0.3 is 0 Å². The lowest BCUT2D eigenvalue weighted by molar-refractivity contribution is 0.148. The van der Waals surface area contributed by atoms with Crippen molar-refractivity contribution < 1.29 is 10.2 Å². The van der Waals surface area contributed by atoms with E-state index >= 15 is 0 Å². The van der Waals surface area contributed by atoms with E-state index in [2.05, 4.69) is 45.2 Å². The van der Waals surface area contributed by atoms with Crippen molar-refractivity contribution in [1.29, 1.82) is 0 Å². The summed E-state index contributed by atoms with van der Waals surface area (Å²) < 4.78 is 1.78. The molecule has 0 aromatic rings. The van der Waals surface area contributed by atoms with Crippen LogP contribution in [0, 0.1) is 5.92 Å². The average molecular weight is 392 g/mol. The van der Waals surface area contributed by atoms with Crippen LogP contribution < -0.4 is 0 Å². The molecule has 0 heterocycles. The predicted molar refractivity (Wildman–Crippen MR) is 65.6 cm³/mol. The first-order valence-electron chi connectivity index (χ1n) is 3.65. The number of aliphatic hydroxyl groups is 2. The Kier molecular flexibility index (Phi) is 3.84. The molecule has 0 saturated heterocycles. The van der Waals surface area contributed by atoms with Crippen molar-refractivity contribution in [1.82, 2.24) is 0 Å². The Labute approximate surface area is 99.0 Å². The Morgan fingerprint density at radius 2 is 2.17 bits per heavy atom. The summed E-state index contributed by atoms with van der Waals surface area (Å²) in [4.78, 5) is 0. The van der Waals surface area contributed by atoms with Gasteiger partial charge in [-0.3, -0.25) is 0 Å². The van der Waals surface area contributed by atoms with Gasteiger partial charge in [0.05, 0.1) is 9.68 Å². The Bertz CT molecular complexity index is 243. The van der Waals surface area contributed by atoms with Crippen LogP contribution in [0.4, 0.5) is 0 Å². The molecule has 0 saturated carbocycles. The maximum absolute atomic E-state index is 9.46. The predicted octanol–water partition coefficient (Wildman–Crippen LogP) is 2.91. The van der Waals surface area contributed by atoms with Crippen LogP contribution in [0.5, 0.6) is 0 Å². The van der Waals surface area contributed by atoms with Crippen molar-refractivity contribution in [2.75, 3.05) is 0 Å². The minimum atomic E-state index is -0.340. The minimum absolute atomic E-state index is 0.152. The second kappa shape index (κ2) is 4.28. The fourth-order valence-electron chi connectivity index (χ4n) is 1.07. The number of halogens is 2. The molecule has 0 amide bonds. The molecule has 0 aromatic heterocycles. The minimum Gasteiger partial charge on any atom is -0.506 e. The van der Waals surface area contributed by atoms with Gasteiger partial charge in [-0.15, -0.1) is 0 Å². The summed E-state index contributed by atoms with van der Waals surface area (Å²) >= 11 is 4.20. The van der Waals surface area contributed by atoms with Crippen LogP contribution in [-0.2, 0) is 0 Å². The zero-order valence-electron chi connectivity index (χ0n) is 6.59. The molecule has 2 unspecified atom stereocenters. The highest BCUT2D eigenvalue weighted by Crippen LogP contribution is 2.35. The normalized spacial score (nSPS) is 27.0. The molecule has 0 aromatic carbocycles. The molecule has 0 bridgehead atoms. The molecule has 0 radical (unpaired) electrons. The molecule has 2 atom stereocenters. The summed E-state index contributed by atoms with van der Waals surface area (Å²) in [6.07, 6.45) is 2.33. The zero-order chi connectivity index (χ0) is 9.30. The SMILES string of the molecule is CC(O)C1C=C(I)C(O)=C(I)C1. The molecular weight excluding hydrogens is 382 g/mol. The van der Waals surface area contributed by atoms with Gasteiger partial charge in [-0.2, -0.15) is 0 Å². The third-order valence-electron chi connectivity index (χ3n) is 1.88. The number of hydrogen-bond acceptors (Lipinski definition) is 2. The van der Waals surface area contributed by atoms with Gasteiger partial charge in [-0.25, -0.2) is 0 Å². The third kappa shape index (κ3) is 2.35. The molecule has 0 aliphatic heterocycles. The van der Waals surface area contributed by atoms with E-state index in [4.69, 9.17) is 0 Å². The van der Waals surface area contributed by atoms with E-state index < -0.39 is 0 Å². The first-order valence-corrected chi connectivity index (χ1v) is 5.81. The second-order valence-corrected chi connectivity index (χ2v) is 5.34. The van der Waals surface area contributed by atoms with E-state index in [0.717, 1.165) is 13.6 Å². The smallest absolute Gasteiger partial charge is 0.137 e. The van der Waals surface area contributed by atoms with E-state index in [1.54, 1.807) is 6.92 Å². The number of allylic oxidation sites excluding steroid dienone is 2. The van der Waals surface area contributed by atoms with Crippen LogP contribution in [0.1, 0.15) is 13.3 Å². The summed E-state index contributed by atoms with van der Waals surface area (Å²) in [7, 11) is 0. The Morgan fingerprint density at radius 1 is 1.58 bits per heavy atom. The quantitative estimate of drug-likeness (QED) is 0.675. The number of aliphatic hydroxyl groups excluding tert-OH is 2. The van der Waals surface area contributed by atoms with E-state index in [1.165, 1.54) is 0 Å². The Hall–Kier alpha value is 0.700. The Balaban J connectivity index is 2.84. The topological polar surface area (TPSA) is 40.5 Å². The van der Waals surface area contributed by atoms with Crippen molar-refractivity contribution >= 4 is 45.2 Å². The molecule has 2 nitrogen and oxygen atoms in total. The van der Waals surface area contributed by atoms with Crippen LogP contribution in [-0.4, -0.2) is 16.3 Å². The highest BCUT2D eigenvalue weighted by Gasteiger charge is 2.22. The summed E-state index contributed by atoms with van der Waals surface area (Å²) in [5.74, 6) is 0.521. The lowest BCUT2D eigenvalue weighted by atomic mass is 9.95. The van der Waals surface area contributed by atoms with E-state index in [1.807, 2.05) is 6.08 Å². The van der Waals surface area contributed by atoms with Gasteiger partial charge in [0.2, 0.25) is 0 Å². The lowest BCUT2D eigenvalue weighted by Crippen LogP contribution is -2.17. The van der Waals surface area contributed by atoms with Crippen LogP contribution >= 0.6 is 45.2 Å². The molecule has 1 aliphatic rings. The van der Waals surface area contributed by atoms with Crippen LogP contribution in [0.3, 0.4) is 0 Å². The monoisotopic (exact) mass is 392 g/mol. The van der Waals surface area contributed by atoms with Gasteiger partial charge in [0.15, 0.2) is 0 Å². The van der Waals surface area contributed by atoms with Crippen molar-refractivity contribution in [3.63, 3.8) is 0 Å². The zero-order valence-corrected chi connectivity index (χ0v) is 10.9. The Morgan fingerprint density at radius 3 is 2.58 bits per heavy atom. The highest BCUT2D eigenvalue weighted by atomic mass is 127.